The quantitative estimate of drug-likeness (QED) is 0.0144. The van der Waals surface area contributed by atoms with Crippen molar-refractivity contribution in [3.63, 3.8) is 0 Å². The van der Waals surface area contributed by atoms with Gasteiger partial charge in [0, 0.05) is 19.3 Å². The van der Waals surface area contributed by atoms with Crippen LogP contribution < -0.4 is 68.9 Å². The Hall–Kier alpha value is -1.01. The van der Waals surface area contributed by atoms with Gasteiger partial charge in [-0.05, 0) is 116 Å². The molecule has 0 saturated heterocycles. The number of rotatable bonds is 59. The van der Waals surface area contributed by atoms with Crippen LogP contribution in [0.15, 0.2) is 72.9 Å². The Balaban J connectivity index is -0.0000320. The van der Waals surface area contributed by atoms with E-state index in [0.717, 1.165) is 135 Å². The number of aliphatic hydroxyl groups excluding tert-OH is 2. The second-order valence-corrected chi connectivity index (χ2v) is 23.6. The Morgan fingerprint density at radius 2 is 0.627 bits per heavy atom. The first-order valence-corrected chi connectivity index (χ1v) is 34.1. The predicted molar refractivity (Wildman–Crippen MR) is 321 cm³/mol. The van der Waals surface area contributed by atoms with E-state index in [1.165, 1.54) is 57.8 Å². The second-order valence-electron chi connectivity index (χ2n) is 20.8. The minimum absolute atomic E-state index is 0. The molecule has 0 aliphatic heterocycles. The predicted octanol–water partition coefficient (Wildman–Crippen LogP) is 9.16. The molecule has 0 bridgehead atoms. The van der Waals surface area contributed by atoms with E-state index in [9.17, 15) is 43.5 Å². The molecule has 0 aliphatic rings. The van der Waals surface area contributed by atoms with E-state index < -0.39 is 91.5 Å². The molecule has 83 heavy (non-hydrogen) atoms. The fraction of sp³-hybridized carbons (Fsp3) is 0.762. The van der Waals surface area contributed by atoms with Crippen molar-refractivity contribution in [2.24, 2.45) is 0 Å². The minimum atomic E-state index is -5.19. The summed E-state index contributed by atoms with van der Waals surface area (Å²) in [4.78, 5) is 62.6. The molecule has 20 heteroatoms. The van der Waals surface area contributed by atoms with Gasteiger partial charge in [-0.1, -0.05) is 190 Å². The monoisotopic (exact) mass is 1230 g/mol. The summed E-state index contributed by atoms with van der Waals surface area (Å²) in [7, 11) is -10.3. The summed E-state index contributed by atoms with van der Waals surface area (Å²) in [6.07, 6.45) is 56.2. The SMILES string of the molecule is CCCCC/C=C\C/C=C\CCCCCCCC(=O)OC[C@@H](O)COP(=O)([O-])OCC(O)COP(=O)([O-])OC[C@@H](COC(=O)CCCCCCC/C=C\C/C=C\CCCCC)OC(=O)CCCCCCC/C=C\C/C=C\CCCCC.[Na+].[Na+]. The van der Waals surface area contributed by atoms with Crippen LogP contribution in [0.1, 0.15) is 252 Å². The van der Waals surface area contributed by atoms with Crippen LogP contribution in [0.2, 0.25) is 0 Å². The topological polar surface area (TPSA) is 237 Å². The summed E-state index contributed by atoms with van der Waals surface area (Å²) in [5.41, 5.74) is 0. The second kappa shape index (κ2) is 64.0. The van der Waals surface area contributed by atoms with Gasteiger partial charge in [0.1, 0.15) is 25.4 Å². The first-order valence-electron chi connectivity index (χ1n) is 31.2. The molecule has 0 amide bonds. The van der Waals surface area contributed by atoms with Gasteiger partial charge in [0.15, 0.2) is 6.10 Å². The Morgan fingerprint density at radius 1 is 0.361 bits per heavy atom. The number of carbonyl (C=O) groups is 3. The van der Waals surface area contributed by atoms with Crippen molar-refractivity contribution in [2.75, 3.05) is 39.6 Å². The molecule has 470 valence electrons. The molecule has 0 fully saturated rings. The molecule has 0 aromatic heterocycles. The fourth-order valence-corrected chi connectivity index (χ4v) is 9.56. The summed E-state index contributed by atoms with van der Waals surface area (Å²) >= 11 is 0. The first kappa shape index (κ1) is 86.2. The molecule has 0 radical (unpaired) electrons. The number of hydrogen-bond donors (Lipinski definition) is 2. The van der Waals surface area contributed by atoms with Gasteiger partial charge in [-0.25, -0.2) is 0 Å². The van der Waals surface area contributed by atoms with E-state index in [1.807, 2.05) is 0 Å². The average Bonchev–Trinajstić information content (AvgIpc) is 3.47. The molecular weight excluding hydrogens is 1120 g/mol. The van der Waals surface area contributed by atoms with E-state index in [1.54, 1.807) is 0 Å². The van der Waals surface area contributed by atoms with Crippen LogP contribution in [0.4, 0.5) is 0 Å². The summed E-state index contributed by atoms with van der Waals surface area (Å²) in [6.45, 7) is 2.12. The third kappa shape index (κ3) is 65.3. The van der Waals surface area contributed by atoms with Crippen molar-refractivity contribution in [1.29, 1.82) is 0 Å². The molecule has 0 spiro atoms. The van der Waals surface area contributed by atoms with Crippen LogP contribution in [-0.4, -0.2) is 86.1 Å². The summed E-state index contributed by atoms with van der Waals surface area (Å²) in [5, 5.41) is 20.4. The smallest absolute Gasteiger partial charge is 0.756 e. The number of hydrogen-bond acceptors (Lipinski definition) is 16. The molecule has 0 aromatic rings. The van der Waals surface area contributed by atoms with Crippen molar-refractivity contribution in [2.45, 2.75) is 270 Å². The number of phosphoric acid groups is 2. The fourth-order valence-electron chi connectivity index (χ4n) is 8.00. The van der Waals surface area contributed by atoms with Crippen molar-refractivity contribution < 1.29 is 135 Å². The van der Waals surface area contributed by atoms with Gasteiger partial charge in [0.05, 0.1) is 26.4 Å². The Morgan fingerprint density at radius 3 is 0.964 bits per heavy atom. The van der Waals surface area contributed by atoms with Crippen LogP contribution in [0, 0.1) is 0 Å². The third-order valence-electron chi connectivity index (χ3n) is 12.9. The van der Waals surface area contributed by atoms with Crippen molar-refractivity contribution in [3.05, 3.63) is 72.9 Å². The molecular formula is C63H110Na2O16P2. The van der Waals surface area contributed by atoms with E-state index >= 15 is 0 Å². The summed E-state index contributed by atoms with van der Waals surface area (Å²) in [6, 6.07) is 0. The molecule has 0 saturated carbocycles. The van der Waals surface area contributed by atoms with Crippen molar-refractivity contribution in [1.82, 2.24) is 0 Å². The maximum atomic E-state index is 12.9. The van der Waals surface area contributed by atoms with Crippen molar-refractivity contribution >= 4 is 33.6 Å². The molecule has 2 N–H and O–H groups in total. The maximum absolute atomic E-state index is 12.9. The van der Waals surface area contributed by atoms with E-state index in [-0.39, 0.29) is 78.4 Å². The Bertz CT molecular complexity index is 1790. The van der Waals surface area contributed by atoms with E-state index in [2.05, 4.69) is 103 Å². The van der Waals surface area contributed by atoms with E-state index in [4.69, 9.17) is 23.3 Å². The van der Waals surface area contributed by atoms with Crippen LogP contribution in [-0.2, 0) is 55.8 Å². The molecule has 5 atom stereocenters. The van der Waals surface area contributed by atoms with E-state index in [0.29, 0.717) is 19.3 Å². The summed E-state index contributed by atoms with van der Waals surface area (Å²) < 4.78 is 59.8. The molecule has 3 unspecified atom stereocenters. The zero-order chi connectivity index (χ0) is 59.6. The normalized spacial score (nSPS) is 14.5. The number of phosphoric ester groups is 2. The number of aliphatic hydroxyl groups is 2. The van der Waals surface area contributed by atoms with Gasteiger partial charge in [0.25, 0.3) is 15.6 Å². The molecule has 0 rings (SSSR count). The average molecular weight is 1230 g/mol. The number of allylic oxidation sites excluding steroid dienone is 12. The minimum Gasteiger partial charge on any atom is -0.756 e. The number of esters is 3. The first-order chi connectivity index (χ1) is 39.2. The number of ether oxygens (including phenoxy) is 3. The molecule has 16 nitrogen and oxygen atoms in total. The number of carbonyl (C=O) groups excluding carboxylic acids is 3. The van der Waals surface area contributed by atoms with Crippen LogP contribution in [0.5, 0.6) is 0 Å². The van der Waals surface area contributed by atoms with Gasteiger partial charge in [-0.3, -0.25) is 23.5 Å². The zero-order valence-corrected chi connectivity index (χ0v) is 58.2. The largest absolute Gasteiger partial charge is 1.00 e. The molecule has 0 heterocycles. The van der Waals surface area contributed by atoms with Gasteiger partial charge < -0.3 is 52.3 Å². The Kier molecular flexibility index (Phi) is 66.5. The van der Waals surface area contributed by atoms with Gasteiger partial charge in [-0.2, -0.15) is 0 Å². The van der Waals surface area contributed by atoms with Crippen LogP contribution in [0.3, 0.4) is 0 Å². The van der Waals surface area contributed by atoms with Crippen LogP contribution in [0.25, 0.3) is 0 Å². The standard InChI is InChI=1S/C63H112O16P2.2Na/c1-4-7-10-13-16-19-22-25-28-31-34-37-40-43-46-49-61(66)73-52-58(64)53-75-80(69,70)76-54-59(65)55-77-81(71,72)78-57-60(79-63(68)51-48-45-42-39-36-33-30-27-24-21-18-15-12-9-6-3)56-74-62(67)50-47-44-41-38-35-32-29-26-23-20-17-14-11-8-5-2;;/h16-21,25-30,58-60,64-65H,4-15,22-24,31-57H2,1-3H3,(H,69,70)(H,71,72);;/q;2*+1/p-2/b19-16-,20-17-,21-18-,28-25-,29-26-,30-27-;;/t58-,59?,60-;;/m1../s1. The number of unbranched alkanes of at least 4 members (excludes halogenated alkanes) is 24. The maximum Gasteiger partial charge on any atom is 1.00 e. The van der Waals surface area contributed by atoms with Gasteiger partial charge in [0.2, 0.25) is 0 Å². The third-order valence-corrected chi connectivity index (χ3v) is 14.7. The van der Waals surface area contributed by atoms with Gasteiger partial charge in [-0.15, -0.1) is 0 Å². The zero-order valence-electron chi connectivity index (χ0n) is 52.4. The summed E-state index contributed by atoms with van der Waals surface area (Å²) in [5.74, 6) is -1.69. The van der Waals surface area contributed by atoms with Gasteiger partial charge >= 0.3 is 77.0 Å². The molecule has 0 aliphatic carbocycles. The Labute approximate surface area is 547 Å². The van der Waals surface area contributed by atoms with Crippen LogP contribution >= 0.6 is 15.6 Å². The molecule has 0 aromatic carbocycles. The van der Waals surface area contributed by atoms with Crippen molar-refractivity contribution in [3.8, 4) is 0 Å².